The highest BCUT2D eigenvalue weighted by atomic mass is 35.5. The minimum Gasteiger partial charge on any atom is -0.481 e. The molecule has 0 saturated heterocycles. The molecular weight excluding hydrogens is 295 g/mol. The van der Waals surface area contributed by atoms with E-state index in [1.807, 2.05) is 0 Å². The van der Waals surface area contributed by atoms with Crippen molar-refractivity contribution < 1.29 is 22.7 Å². The van der Waals surface area contributed by atoms with E-state index in [0.29, 0.717) is 0 Å². The average Bonchev–Trinajstić information content (AvgIpc) is 2.41. The Morgan fingerprint density at radius 2 is 2.10 bits per heavy atom. The largest absolute Gasteiger partial charge is 0.481 e. The van der Waals surface area contributed by atoms with E-state index in [9.17, 15) is 18.0 Å². The number of ether oxygens (including phenoxy) is 1. The lowest BCUT2D eigenvalue weighted by Gasteiger charge is -2.08. The zero-order valence-corrected chi connectivity index (χ0v) is 11.0. The van der Waals surface area contributed by atoms with Gasteiger partial charge in [0.05, 0.1) is 12.1 Å². The molecule has 0 bridgehead atoms. The fourth-order valence-corrected chi connectivity index (χ4v) is 1.28. The molecule has 0 saturated carbocycles. The van der Waals surface area contributed by atoms with Crippen molar-refractivity contribution in [1.82, 2.24) is 5.32 Å². The van der Waals surface area contributed by atoms with Crippen LogP contribution in [0, 0.1) is 11.8 Å². The third-order valence-electron chi connectivity index (χ3n) is 2.09. The van der Waals surface area contributed by atoms with Gasteiger partial charge in [-0.25, -0.2) is 0 Å². The van der Waals surface area contributed by atoms with Crippen LogP contribution in [0.1, 0.15) is 5.56 Å². The first-order valence-corrected chi connectivity index (χ1v) is 6.05. The van der Waals surface area contributed by atoms with Crippen molar-refractivity contribution in [3.63, 3.8) is 0 Å². The van der Waals surface area contributed by atoms with Crippen LogP contribution in [0.15, 0.2) is 24.3 Å². The van der Waals surface area contributed by atoms with Crippen molar-refractivity contribution in [2.24, 2.45) is 0 Å². The van der Waals surface area contributed by atoms with Gasteiger partial charge in [-0.3, -0.25) is 4.79 Å². The van der Waals surface area contributed by atoms with Crippen LogP contribution in [0.3, 0.4) is 0 Å². The number of hydrogen-bond acceptors (Lipinski definition) is 2. The maximum Gasteiger partial charge on any atom is 0.416 e. The molecular formula is C13H11ClF3NO2. The van der Waals surface area contributed by atoms with Gasteiger partial charge in [-0.15, -0.1) is 11.6 Å². The van der Waals surface area contributed by atoms with Crippen LogP contribution in [0.4, 0.5) is 13.2 Å². The first-order chi connectivity index (χ1) is 9.43. The molecule has 0 aliphatic heterocycles. The van der Waals surface area contributed by atoms with Gasteiger partial charge in [0.25, 0.3) is 0 Å². The second-order valence-electron chi connectivity index (χ2n) is 3.58. The molecule has 1 rings (SSSR count). The third-order valence-corrected chi connectivity index (χ3v) is 2.34. The van der Waals surface area contributed by atoms with Gasteiger partial charge in [-0.2, -0.15) is 13.2 Å². The molecule has 0 atom stereocenters. The molecule has 3 nitrogen and oxygen atoms in total. The van der Waals surface area contributed by atoms with E-state index in [4.69, 9.17) is 16.3 Å². The van der Waals surface area contributed by atoms with Crippen LogP contribution < -0.4 is 10.1 Å². The number of nitrogens with one attached hydrogen (secondary N) is 1. The zero-order valence-electron chi connectivity index (χ0n) is 10.3. The van der Waals surface area contributed by atoms with E-state index in [1.165, 1.54) is 12.1 Å². The summed E-state index contributed by atoms with van der Waals surface area (Å²) in [6.45, 7) is 0.0373. The number of amides is 1. The first kappa shape index (κ1) is 16.2. The van der Waals surface area contributed by atoms with Crippen molar-refractivity contribution in [2.75, 3.05) is 19.0 Å². The second kappa shape index (κ2) is 7.65. The molecule has 0 fully saturated rings. The fraction of sp³-hybridized carbons (Fsp3) is 0.308. The van der Waals surface area contributed by atoms with Crippen molar-refractivity contribution >= 4 is 17.5 Å². The Balaban J connectivity index is 2.43. The number of hydrogen-bond donors (Lipinski definition) is 1. The van der Waals surface area contributed by atoms with E-state index in [1.54, 1.807) is 0 Å². The minimum absolute atomic E-state index is 0.0714. The molecule has 20 heavy (non-hydrogen) atoms. The first-order valence-electron chi connectivity index (χ1n) is 5.52. The standard InChI is InChI=1S/C13H11ClF3NO2/c14-9-12(19)18-6-1-2-7-20-11-5-3-4-10(8-11)13(15,16)17/h3-5,8H,6-7,9H2,(H,18,19). The van der Waals surface area contributed by atoms with Crippen LogP contribution >= 0.6 is 11.6 Å². The Bertz CT molecular complexity index is 520. The van der Waals surface area contributed by atoms with Gasteiger partial charge in [-0.05, 0) is 18.2 Å². The molecule has 108 valence electrons. The lowest BCUT2D eigenvalue weighted by Crippen LogP contribution is -2.24. The lowest BCUT2D eigenvalue weighted by atomic mass is 10.2. The molecule has 1 amide bonds. The van der Waals surface area contributed by atoms with Crippen molar-refractivity contribution in [2.45, 2.75) is 6.18 Å². The second-order valence-corrected chi connectivity index (χ2v) is 3.85. The quantitative estimate of drug-likeness (QED) is 0.685. The summed E-state index contributed by atoms with van der Waals surface area (Å²) in [5, 5.41) is 2.41. The highest BCUT2D eigenvalue weighted by Gasteiger charge is 2.30. The van der Waals surface area contributed by atoms with E-state index >= 15 is 0 Å². The molecule has 0 aromatic heterocycles. The number of alkyl halides is 4. The maximum atomic E-state index is 12.4. The molecule has 0 aliphatic rings. The smallest absolute Gasteiger partial charge is 0.416 e. The van der Waals surface area contributed by atoms with E-state index in [-0.39, 0.29) is 30.7 Å². The Morgan fingerprint density at radius 3 is 2.75 bits per heavy atom. The SMILES string of the molecule is O=C(CCl)NCC#CCOc1cccc(C(F)(F)F)c1. The van der Waals surface area contributed by atoms with Crippen LogP contribution in [0.5, 0.6) is 5.75 Å². The summed E-state index contributed by atoms with van der Waals surface area (Å²) in [5.41, 5.74) is -0.780. The maximum absolute atomic E-state index is 12.4. The highest BCUT2D eigenvalue weighted by molar-refractivity contribution is 6.27. The molecule has 1 aromatic carbocycles. The predicted octanol–water partition coefficient (Wildman–Crippen LogP) is 2.44. The number of carbonyl (C=O) groups excluding carboxylic acids is 1. The predicted molar refractivity (Wildman–Crippen MR) is 68.4 cm³/mol. The highest BCUT2D eigenvalue weighted by Crippen LogP contribution is 2.31. The van der Waals surface area contributed by atoms with Crippen LogP contribution in [0.2, 0.25) is 0 Å². The molecule has 7 heteroatoms. The van der Waals surface area contributed by atoms with Gasteiger partial charge in [0.1, 0.15) is 18.2 Å². The Labute approximate surface area is 119 Å². The van der Waals surface area contributed by atoms with Crippen LogP contribution in [-0.4, -0.2) is 24.9 Å². The Morgan fingerprint density at radius 1 is 1.35 bits per heavy atom. The Kier molecular flexibility index (Phi) is 6.19. The van der Waals surface area contributed by atoms with E-state index < -0.39 is 11.7 Å². The van der Waals surface area contributed by atoms with Gasteiger partial charge >= 0.3 is 6.18 Å². The summed E-state index contributed by atoms with van der Waals surface area (Å²) in [6, 6.07) is 4.52. The van der Waals surface area contributed by atoms with E-state index in [0.717, 1.165) is 12.1 Å². The number of benzene rings is 1. The van der Waals surface area contributed by atoms with E-state index in [2.05, 4.69) is 17.2 Å². The number of halogens is 4. The van der Waals surface area contributed by atoms with Gasteiger partial charge < -0.3 is 10.1 Å². The monoisotopic (exact) mass is 305 g/mol. The molecule has 0 spiro atoms. The summed E-state index contributed by atoms with van der Waals surface area (Å²) in [6.07, 6.45) is -4.41. The number of rotatable bonds is 4. The van der Waals surface area contributed by atoms with Crippen molar-refractivity contribution in [3.05, 3.63) is 29.8 Å². The Hall–Kier alpha value is -1.87. The minimum atomic E-state index is -4.41. The van der Waals surface area contributed by atoms with Crippen molar-refractivity contribution in [3.8, 4) is 17.6 Å². The van der Waals surface area contributed by atoms with Gasteiger partial charge in [-0.1, -0.05) is 17.9 Å². The van der Waals surface area contributed by atoms with Crippen molar-refractivity contribution in [1.29, 1.82) is 0 Å². The molecule has 1 N–H and O–H groups in total. The third kappa shape index (κ3) is 5.85. The van der Waals surface area contributed by atoms with Gasteiger partial charge in [0.2, 0.25) is 5.91 Å². The molecule has 0 heterocycles. The summed E-state index contributed by atoms with van der Waals surface area (Å²) < 4.78 is 42.4. The summed E-state index contributed by atoms with van der Waals surface area (Å²) in [5.74, 6) is 4.72. The molecule has 0 aliphatic carbocycles. The lowest BCUT2D eigenvalue weighted by molar-refractivity contribution is -0.137. The summed E-state index contributed by atoms with van der Waals surface area (Å²) >= 11 is 5.25. The van der Waals surface area contributed by atoms with Crippen LogP contribution in [0.25, 0.3) is 0 Å². The van der Waals surface area contributed by atoms with Gasteiger partial charge in [0.15, 0.2) is 0 Å². The van der Waals surface area contributed by atoms with Gasteiger partial charge in [0, 0.05) is 0 Å². The summed E-state index contributed by atoms with van der Waals surface area (Å²) in [7, 11) is 0. The molecule has 0 radical (unpaired) electrons. The topological polar surface area (TPSA) is 38.3 Å². The number of carbonyl (C=O) groups is 1. The average molecular weight is 306 g/mol. The molecule has 0 unspecified atom stereocenters. The fourth-order valence-electron chi connectivity index (χ4n) is 1.19. The zero-order chi connectivity index (χ0) is 15.0. The molecule has 1 aromatic rings. The van der Waals surface area contributed by atoms with Crippen LogP contribution in [-0.2, 0) is 11.0 Å². The summed E-state index contributed by atoms with van der Waals surface area (Å²) in [4.78, 5) is 10.7. The normalized spacial score (nSPS) is 10.4.